The third-order valence-electron chi connectivity index (χ3n) is 3.20. The maximum absolute atomic E-state index is 11.8. The van der Waals surface area contributed by atoms with Gasteiger partial charge in [-0.15, -0.1) is 0 Å². The zero-order chi connectivity index (χ0) is 17.2. The quantitative estimate of drug-likeness (QED) is 0.645. The Morgan fingerprint density at radius 1 is 1.39 bits per heavy atom. The van der Waals surface area contributed by atoms with Crippen LogP contribution in [0.1, 0.15) is 26.3 Å². The standard InChI is InChI=1S/C16H21N3O4/c1-16(2,3)23-15(22)19-13(14(20)21)6-9-8-18-12-5-4-10(17)7-11(9)12/h4-5,7-8,13,18H,6,17H2,1-3H3,(H,19,22)(H,20,21). The minimum absolute atomic E-state index is 0.123. The molecule has 0 spiro atoms. The Hall–Kier alpha value is -2.70. The van der Waals surface area contributed by atoms with E-state index in [4.69, 9.17) is 10.5 Å². The highest BCUT2D eigenvalue weighted by Crippen LogP contribution is 2.22. The number of alkyl carbamates (subject to hydrolysis) is 1. The number of nitrogens with two attached hydrogens (primary N) is 1. The molecule has 124 valence electrons. The van der Waals surface area contributed by atoms with Crippen molar-refractivity contribution in [2.45, 2.75) is 38.8 Å². The predicted molar refractivity (Wildman–Crippen MR) is 87.2 cm³/mol. The van der Waals surface area contributed by atoms with Gasteiger partial charge in [0.15, 0.2) is 0 Å². The molecule has 0 aliphatic heterocycles. The maximum Gasteiger partial charge on any atom is 0.408 e. The van der Waals surface area contributed by atoms with Crippen molar-refractivity contribution in [3.63, 3.8) is 0 Å². The summed E-state index contributed by atoms with van der Waals surface area (Å²) in [5.41, 5.74) is 7.29. The first kappa shape index (κ1) is 16.7. The molecule has 0 bridgehead atoms. The van der Waals surface area contributed by atoms with Gasteiger partial charge in [0.2, 0.25) is 0 Å². The van der Waals surface area contributed by atoms with E-state index in [2.05, 4.69) is 10.3 Å². The van der Waals surface area contributed by atoms with Crippen LogP contribution in [0, 0.1) is 0 Å². The van der Waals surface area contributed by atoms with Gasteiger partial charge in [-0.25, -0.2) is 9.59 Å². The van der Waals surface area contributed by atoms with E-state index >= 15 is 0 Å². The van der Waals surface area contributed by atoms with E-state index in [0.29, 0.717) is 5.69 Å². The van der Waals surface area contributed by atoms with Crippen LogP contribution in [0.4, 0.5) is 10.5 Å². The SMILES string of the molecule is CC(C)(C)OC(=O)NC(Cc1c[nH]c2ccc(N)cc12)C(=O)O. The molecular formula is C16H21N3O4. The van der Waals surface area contributed by atoms with Crippen molar-refractivity contribution in [3.05, 3.63) is 30.0 Å². The van der Waals surface area contributed by atoms with Gasteiger partial charge in [-0.1, -0.05) is 0 Å². The highest BCUT2D eigenvalue weighted by atomic mass is 16.6. The summed E-state index contributed by atoms with van der Waals surface area (Å²) in [5, 5.41) is 12.6. The first-order valence-electron chi connectivity index (χ1n) is 7.23. The van der Waals surface area contributed by atoms with Crippen LogP contribution in [0.25, 0.3) is 10.9 Å². The molecule has 0 saturated heterocycles. The third-order valence-corrected chi connectivity index (χ3v) is 3.20. The second-order valence-corrected chi connectivity index (χ2v) is 6.36. The second-order valence-electron chi connectivity index (χ2n) is 6.36. The van der Waals surface area contributed by atoms with Crippen molar-refractivity contribution in [2.24, 2.45) is 0 Å². The molecule has 1 unspecified atom stereocenters. The van der Waals surface area contributed by atoms with Gasteiger partial charge in [-0.3, -0.25) is 0 Å². The average molecular weight is 319 g/mol. The molecular weight excluding hydrogens is 298 g/mol. The van der Waals surface area contributed by atoms with Crippen LogP contribution in [0.5, 0.6) is 0 Å². The molecule has 0 saturated carbocycles. The molecule has 23 heavy (non-hydrogen) atoms. The fourth-order valence-electron chi connectivity index (χ4n) is 2.23. The number of aromatic nitrogens is 1. The Balaban J connectivity index is 2.17. The number of aliphatic carboxylic acids is 1. The molecule has 1 aromatic carbocycles. The molecule has 1 aromatic heterocycles. The lowest BCUT2D eigenvalue weighted by molar-refractivity contribution is -0.139. The number of benzene rings is 1. The number of carbonyl (C=O) groups is 2. The number of nitrogens with one attached hydrogen (secondary N) is 2. The summed E-state index contributed by atoms with van der Waals surface area (Å²) in [7, 11) is 0. The summed E-state index contributed by atoms with van der Waals surface area (Å²) in [6, 6.07) is 4.26. The van der Waals surface area contributed by atoms with Gasteiger partial charge in [0.05, 0.1) is 0 Å². The molecule has 0 fully saturated rings. The first-order valence-corrected chi connectivity index (χ1v) is 7.23. The number of rotatable bonds is 4. The fourth-order valence-corrected chi connectivity index (χ4v) is 2.23. The smallest absolute Gasteiger partial charge is 0.408 e. The van der Waals surface area contributed by atoms with Crippen LogP contribution in [0.3, 0.4) is 0 Å². The number of anilines is 1. The summed E-state index contributed by atoms with van der Waals surface area (Å²) < 4.78 is 5.10. The van der Waals surface area contributed by atoms with E-state index in [0.717, 1.165) is 16.5 Å². The minimum Gasteiger partial charge on any atom is -0.480 e. The molecule has 7 heteroatoms. The number of carbonyl (C=O) groups excluding carboxylic acids is 1. The molecule has 0 aliphatic carbocycles. The zero-order valence-electron chi connectivity index (χ0n) is 13.3. The number of fused-ring (bicyclic) bond motifs is 1. The van der Waals surface area contributed by atoms with Crippen molar-refractivity contribution >= 4 is 28.7 Å². The minimum atomic E-state index is -1.13. The zero-order valence-corrected chi connectivity index (χ0v) is 13.3. The number of hydrogen-bond donors (Lipinski definition) is 4. The summed E-state index contributed by atoms with van der Waals surface area (Å²) in [5.74, 6) is -1.13. The molecule has 2 aromatic rings. The molecule has 0 radical (unpaired) electrons. The summed E-state index contributed by atoms with van der Waals surface area (Å²) in [6.45, 7) is 5.14. The molecule has 5 N–H and O–H groups in total. The van der Waals surface area contributed by atoms with E-state index < -0.39 is 23.7 Å². The van der Waals surface area contributed by atoms with Gasteiger partial charge in [0.25, 0.3) is 0 Å². The summed E-state index contributed by atoms with van der Waals surface area (Å²) in [4.78, 5) is 26.3. The molecule has 7 nitrogen and oxygen atoms in total. The Morgan fingerprint density at radius 3 is 2.70 bits per heavy atom. The fraction of sp³-hybridized carbons (Fsp3) is 0.375. The van der Waals surface area contributed by atoms with E-state index in [1.807, 2.05) is 6.07 Å². The Morgan fingerprint density at radius 2 is 2.09 bits per heavy atom. The van der Waals surface area contributed by atoms with Crippen molar-refractivity contribution in [1.29, 1.82) is 0 Å². The Bertz CT molecular complexity index is 730. The lowest BCUT2D eigenvalue weighted by atomic mass is 10.0. The molecule has 1 heterocycles. The van der Waals surface area contributed by atoms with Crippen molar-refractivity contribution in [3.8, 4) is 0 Å². The van der Waals surface area contributed by atoms with Crippen LogP contribution >= 0.6 is 0 Å². The highest BCUT2D eigenvalue weighted by molar-refractivity contribution is 5.87. The number of hydrogen-bond acceptors (Lipinski definition) is 4. The van der Waals surface area contributed by atoms with Crippen molar-refractivity contribution < 1.29 is 19.4 Å². The van der Waals surface area contributed by atoms with Gasteiger partial charge in [0.1, 0.15) is 11.6 Å². The van der Waals surface area contributed by atoms with E-state index in [1.165, 1.54) is 0 Å². The van der Waals surface area contributed by atoms with Gasteiger partial charge >= 0.3 is 12.1 Å². The van der Waals surface area contributed by atoms with Gasteiger partial charge in [0, 0.05) is 29.2 Å². The van der Waals surface area contributed by atoms with Gasteiger partial charge in [-0.2, -0.15) is 0 Å². The normalized spacial score (nSPS) is 12.8. The largest absolute Gasteiger partial charge is 0.480 e. The Kier molecular flexibility index (Phi) is 4.49. The second kappa shape index (κ2) is 6.20. The summed E-state index contributed by atoms with van der Waals surface area (Å²) >= 11 is 0. The maximum atomic E-state index is 11.8. The van der Waals surface area contributed by atoms with Crippen LogP contribution in [0.15, 0.2) is 24.4 Å². The first-order chi connectivity index (χ1) is 10.7. The van der Waals surface area contributed by atoms with Crippen LogP contribution in [0.2, 0.25) is 0 Å². The lowest BCUT2D eigenvalue weighted by Gasteiger charge is -2.22. The molecule has 0 aliphatic rings. The van der Waals surface area contributed by atoms with Crippen LogP contribution < -0.4 is 11.1 Å². The number of aromatic amines is 1. The van der Waals surface area contributed by atoms with Crippen molar-refractivity contribution in [1.82, 2.24) is 10.3 Å². The van der Waals surface area contributed by atoms with E-state index in [9.17, 15) is 14.7 Å². The van der Waals surface area contributed by atoms with Crippen molar-refractivity contribution in [2.75, 3.05) is 5.73 Å². The van der Waals surface area contributed by atoms with Crippen LogP contribution in [-0.4, -0.2) is 33.8 Å². The number of carboxylic acid groups (broad SMARTS) is 1. The number of nitrogen functional groups attached to an aromatic ring is 1. The number of H-pyrrole nitrogens is 1. The Labute approximate surface area is 133 Å². The average Bonchev–Trinajstić information content (AvgIpc) is 2.78. The molecule has 2 rings (SSSR count). The molecule has 1 atom stereocenters. The monoisotopic (exact) mass is 319 g/mol. The highest BCUT2D eigenvalue weighted by Gasteiger charge is 2.25. The van der Waals surface area contributed by atoms with E-state index in [1.54, 1.807) is 39.1 Å². The summed E-state index contributed by atoms with van der Waals surface area (Å²) in [6.07, 6.45) is 1.08. The van der Waals surface area contributed by atoms with Gasteiger partial charge in [-0.05, 0) is 44.5 Å². The number of carboxylic acids is 1. The van der Waals surface area contributed by atoms with E-state index in [-0.39, 0.29) is 6.42 Å². The predicted octanol–water partition coefficient (Wildman–Crippen LogP) is 2.27. The third kappa shape index (κ3) is 4.38. The molecule has 1 amide bonds. The number of ether oxygens (including phenoxy) is 1. The topological polar surface area (TPSA) is 117 Å². The van der Waals surface area contributed by atoms with Gasteiger partial charge < -0.3 is 25.9 Å². The number of amides is 1. The van der Waals surface area contributed by atoms with Crippen LogP contribution in [-0.2, 0) is 16.0 Å². The lowest BCUT2D eigenvalue weighted by Crippen LogP contribution is -2.44.